The van der Waals surface area contributed by atoms with Gasteiger partial charge in [0, 0.05) is 11.6 Å². The summed E-state index contributed by atoms with van der Waals surface area (Å²) in [4.78, 5) is 37.1. The minimum Gasteiger partial charge on any atom is -0.274 e. The molecule has 1 fully saturated rings. The molecule has 0 radical (unpaired) electrons. The number of aryl methyl sites for hydroxylation is 1. The number of halogens is 2. The predicted octanol–water partition coefficient (Wildman–Crippen LogP) is 5.00. The summed E-state index contributed by atoms with van der Waals surface area (Å²) in [6.07, 6.45) is 0. The number of anilines is 1. The highest BCUT2D eigenvalue weighted by Gasteiger charge is 2.73. The van der Waals surface area contributed by atoms with Crippen LogP contribution in [0, 0.1) is 28.9 Å². The fourth-order valence-electron chi connectivity index (χ4n) is 5.86. The molecule has 8 heteroatoms. The minimum absolute atomic E-state index is 0.143. The molecule has 3 aromatic rings. The molecule has 2 bridgehead atoms. The van der Waals surface area contributed by atoms with E-state index in [0.717, 1.165) is 4.90 Å². The van der Waals surface area contributed by atoms with Gasteiger partial charge in [0.05, 0.1) is 22.4 Å². The molecule has 33 heavy (non-hydrogen) atoms. The summed E-state index contributed by atoms with van der Waals surface area (Å²) in [5.41, 5.74) is 3.24. The number of imide groups is 1. The summed E-state index contributed by atoms with van der Waals surface area (Å²) < 4.78 is 0. The lowest BCUT2D eigenvalue weighted by Gasteiger charge is -2.54. The maximum absolute atomic E-state index is 13.9. The lowest BCUT2D eigenvalue weighted by atomic mass is 9.54. The van der Waals surface area contributed by atoms with Gasteiger partial charge in [-0.25, -0.2) is 4.90 Å². The fourth-order valence-corrected chi connectivity index (χ4v) is 6.95. The average molecular weight is 479 g/mol. The number of carbonyl (C=O) groups is 2. The molecule has 3 aromatic carbocycles. The smallest absolute Gasteiger partial charge is 0.274 e. The van der Waals surface area contributed by atoms with Gasteiger partial charge in [-0.3, -0.25) is 19.7 Å². The number of alkyl halides is 2. The Balaban J connectivity index is 1.62. The van der Waals surface area contributed by atoms with E-state index < -0.39 is 38.3 Å². The number of rotatable bonds is 2. The maximum atomic E-state index is 13.9. The first kappa shape index (κ1) is 20.4. The largest absolute Gasteiger partial charge is 0.274 e. The molecule has 3 aliphatic carbocycles. The molecule has 1 heterocycles. The monoisotopic (exact) mass is 478 g/mol. The zero-order chi connectivity index (χ0) is 23.3. The number of amides is 2. The third-order valence-corrected chi connectivity index (χ3v) is 8.52. The van der Waals surface area contributed by atoms with Crippen molar-refractivity contribution in [1.29, 1.82) is 0 Å². The molecular weight excluding hydrogens is 463 g/mol. The van der Waals surface area contributed by atoms with Crippen LogP contribution in [0.4, 0.5) is 11.4 Å². The summed E-state index contributed by atoms with van der Waals surface area (Å²) in [5.74, 6) is -2.91. The Kier molecular flexibility index (Phi) is 3.97. The van der Waals surface area contributed by atoms with Gasteiger partial charge in [0.25, 0.3) is 5.69 Å². The van der Waals surface area contributed by atoms with Crippen LogP contribution < -0.4 is 4.90 Å². The normalized spacial score (nSPS) is 29.0. The van der Waals surface area contributed by atoms with Gasteiger partial charge in [-0.15, -0.1) is 23.2 Å². The number of hydrogen-bond acceptors (Lipinski definition) is 4. The van der Waals surface area contributed by atoms with Crippen molar-refractivity contribution in [3.05, 3.63) is 105 Å². The zero-order valence-electron chi connectivity index (χ0n) is 17.3. The molecule has 0 saturated carbocycles. The van der Waals surface area contributed by atoms with Crippen LogP contribution in [-0.2, 0) is 19.3 Å². The molecule has 6 nitrogen and oxygen atoms in total. The minimum atomic E-state index is -1.29. The number of nitrogens with zero attached hydrogens (tertiary/aromatic N) is 2. The number of nitro benzene ring substituents is 1. The van der Waals surface area contributed by atoms with Gasteiger partial charge >= 0.3 is 0 Å². The molecule has 1 saturated heterocycles. The van der Waals surface area contributed by atoms with E-state index in [9.17, 15) is 19.7 Å². The van der Waals surface area contributed by atoms with Crippen LogP contribution >= 0.6 is 23.2 Å². The van der Waals surface area contributed by atoms with Crippen molar-refractivity contribution >= 4 is 46.4 Å². The Hall–Kier alpha value is -3.22. The van der Waals surface area contributed by atoms with Gasteiger partial charge in [0.15, 0.2) is 0 Å². The molecule has 0 spiro atoms. The number of benzene rings is 3. The molecular formula is C25H16Cl2N2O4. The number of hydrogen-bond donors (Lipinski definition) is 0. The summed E-state index contributed by atoms with van der Waals surface area (Å²) in [7, 11) is 0. The molecule has 0 aromatic heterocycles. The number of nitro groups is 1. The molecule has 0 unspecified atom stereocenters. The molecule has 4 aliphatic rings. The molecule has 1 aliphatic heterocycles. The Bertz CT molecular complexity index is 1300. The summed E-state index contributed by atoms with van der Waals surface area (Å²) in [6.45, 7) is 1.60. The second kappa shape index (κ2) is 6.43. The van der Waals surface area contributed by atoms with Gasteiger partial charge in [-0.2, -0.15) is 0 Å². The SMILES string of the molecule is Cc1ccc(N2C(=O)[C@@H]3[C@@H](C2=O)C2(Cl)c4ccccc4C3(Cl)c3ccccc32)cc1[N+](=O)[O-]. The zero-order valence-corrected chi connectivity index (χ0v) is 18.8. The van der Waals surface area contributed by atoms with E-state index in [-0.39, 0.29) is 11.4 Å². The van der Waals surface area contributed by atoms with Crippen LogP contribution in [-0.4, -0.2) is 16.7 Å². The lowest BCUT2D eigenvalue weighted by molar-refractivity contribution is -0.385. The third kappa shape index (κ3) is 2.25. The van der Waals surface area contributed by atoms with Crippen molar-refractivity contribution in [2.75, 3.05) is 4.90 Å². The van der Waals surface area contributed by atoms with Crippen molar-refractivity contribution in [2.45, 2.75) is 16.7 Å². The lowest BCUT2D eigenvalue weighted by Crippen LogP contribution is -2.57. The second-order valence-electron chi connectivity index (χ2n) is 8.71. The van der Waals surface area contributed by atoms with Crippen molar-refractivity contribution in [3.63, 3.8) is 0 Å². The Labute approximate surface area is 198 Å². The Morgan fingerprint density at radius 1 is 0.818 bits per heavy atom. The van der Waals surface area contributed by atoms with Crippen LogP contribution in [0.15, 0.2) is 66.7 Å². The summed E-state index contributed by atoms with van der Waals surface area (Å²) >= 11 is 14.7. The van der Waals surface area contributed by atoms with E-state index in [1.807, 2.05) is 48.5 Å². The first-order valence-corrected chi connectivity index (χ1v) is 11.2. The van der Waals surface area contributed by atoms with Crippen LogP contribution in [0.1, 0.15) is 27.8 Å². The highest BCUT2D eigenvalue weighted by molar-refractivity contribution is 6.38. The second-order valence-corrected chi connectivity index (χ2v) is 9.90. The van der Waals surface area contributed by atoms with E-state index in [4.69, 9.17) is 23.2 Å². The fraction of sp³-hybridized carbons (Fsp3) is 0.200. The van der Waals surface area contributed by atoms with Crippen molar-refractivity contribution in [3.8, 4) is 0 Å². The highest BCUT2D eigenvalue weighted by Crippen LogP contribution is 2.69. The average Bonchev–Trinajstić information content (AvgIpc) is 3.09. The van der Waals surface area contributed by atoms with Crippen LogP contribution in [0.5, 0.6) is 0 Å². The van der Waals surface area contributed by atoms with Crippen molar-refractivity contribution < 1.29 is 14.5 Å². The van der Waals surface area contributed by atoms with E-state index in [0.29, 0.717) is 27.8 Å². The molecule has 2 atom stereocenters. The quantitative estimate of drug-likeness (QED) is 0.224. The third-order valence-electron chi connectivity index (χ3n) is 7.23. The van der Waals surface area contributed by atoms with Crippen LogP contribution in [0.2, 0.25) is 0 Å². The summed E-state index contributed by atoms with van der Waals surface area (Å²) in [6, 6.07) is 19.1. The highest BCUT2D eigenvalue weighted by atomic mass is 35.5. The van der Waals surface area contributed by atoms with Crippen LogP contribution in [0.3, 0.4) is 0 Å². The Morgan fingerprint density at radius 3 is 1.64 bits per heavy atom. The van der Waals surface area contributed by atoms with Crippen molar-refractivity contribution in [2.24, 2.45) is 11.8 Å². The molecule has 164 valence electrons. The molecule has 0 N–H and O–H groups in total. The van der Waals surface area contributed by atoms with Gasteiger partial charge < -0.3 is 0 Å². The van der Waals surface area contributed by atoms with Gasteiger partial charge in [-0.1, -0.05) is 54.6 Å². The first-order valence-electron chi connectivity index (χ1n) is 10.4. The van der Waals surface area contributed by atoms with E-state index >= 15 is 0 Å². The standard InChI is InChI=1S/C25H16Cl2N2O4/c1-13-10-11-14(12-19(13)29(32)33)28-22(30)20-21(23(28)31)25(27)16-7-3-2-6-15(16)24(20,26)17-8-4-5-9-18(17)25/h2-12,20-21H,1H3/t20-,21-,24?,25?/m0/s1. The molecule has 7 rings (SSSR count). The van der Waals surface area contributed by atoms with Crippen molar-refractivity contribution in [1.82, 2.24) is 0 Å². The predicted molar refractivity (Wildman–Crippen MR) is 123 cm³/mol. The topological polar surface area (TPSA) is 80.5 Å². The Morgan fingerprint density at radius 2 is 1.24 bits per heavy atom. The van der Waals surface area contributed by atoms with E-state index in [1.165, 1.54) is 12.1 Å². The van der Waals surface area contributed by atoms with E-state index in [1.54, 1.807) is 13.0 Å². The van der Waals surface area contributed by atoms with Crippen LogP contribution in [0.25, 0.3) is 0 Å². The van der Waals surface area contributed by atoms with Gasteiger partial charge in [0.2, 0.25) is 11.8 Å². The maximum Gasteiger partial charge on any atom is 0.274 e. The van der Waals surface area contributed by atoms with Gasteiger partial charge in [-0.05, 0) is 35.2 Å². The summed E-state index contributed by atoms with van der Waals surface area (Å²) in [5, 5.41) is 11.5. The first-order chi connectivity index (χ1) is 15.7. The van der Waals surface area contributed by atoms with Gasteiger partial charge in [0.1, 0.15) is 9.75 Å². The molecule has 2 amide bonds. The van der Waals surface area contributed by atoms with E-state index in [2.05, 4.69) is 0 Å². The number of carbonyl (C=O) groups excluding carboxylic acids is 2.